The maximum Gasteiger partial charge on any atom is 0.407 e. The van der Waals surface area contributed by atoms with E-state index in [9.17, 15) is 9.00 Å². The fourth-order valence-electron chi connectivity index (χ4n) is 5.01. The minimum atomic E-state index is -2.94. The van der Waals surface area contributed by atoms with Gasteiger partial charge >= 0.3 is 6.09 Å². The Balaban J connectivity index is 1.34. The summed E-state index contributed by atoms with van der Waals surface area (Å²) >= 11 is 1.63. The summed E-state index contributed by atoms with van der Waals surface area (Å²) in [6, 6.07) is 7.89. The first-order valence-electron chi connectivity index (χ1n) is 13.2. The summed E-state index contributed by atoms with van der Waals surface area (Å²) in [5.41, 5.74) is 2.53. The zero-order chi connectivity index (χ0) is 27.0. The molecule has 2 aromatic heterocycles. The smallest absolute Gasteiger partial charge is 0.407 e. The molecule has 1 aromatic carbocycles. The number of hydrogen-bond donors (Lipinski definition) is 3. The number of benzene rings is 1. The zero-order valence-electron chi connectivity index (χ0n) is 22.3. The fraction of sp³-hybridized carbons (Fsp3) is 0.519. The van der Waals surface area contributed by atoms with Crippen molar-refractivity contribution in [2.24, 2.45) is 7.05 Å². The van der Waals surface area contributed by atoms with Crippen LogP contribution in [0.2, 0.25) is 0 Å². The number of thiazole rings is 1. The van der Waals surface area contributed by atoms with Crippen molar-refractivity contribution in [1.29, 1.82) is 4.78 Å². The highest BCUT2D eigenvalue weighted by Gasteiger charge is 2.36. The lowest BCUT2D eigenvalue weighted by Gasteiger charge is -2.28. The molecular weight excluding hydrogens is 520 g/mol. The molecule has 3 N–H and O–H groups in total. The van der Waals surface area contributed by atoms with Crippen LogP contribution in [0.15, 0.2) is 35.4 Å². The molecule has 3 aromatic rings. The van der Waals surface area contributed by atoms with Crippen molar-refractivity contribution in [1.82, 2.24) is 20.1 Å². The molecule has 0 aliphatic heterocycles. The van der Waals surface area contributed by atoms with Crippen LogP contribution in [-0.4, -0.2) is 42.5 Å². The van der Waals surface area contributed by atoms with E-state index < -0.39 is 9.73 Å². The monoisotopic (exact) mass is 556 g/mol. The largest absolute Gasteiger partial charge is 0.447 e. The number of amides is 1. The van der Waals surface area contributed by atoms with E-state index in [0.29, 0.717) is 10.8 Å². The van der Waals surface area contributed by atoms with Gasteiger partial charge in [-0.3, -0.25) is 4.68 Å². The Hall–Kier alpha value is -2.92. The lowest BCUT2D eigenvalue weighted by Crippen LogP contribution is -2.38. The molecule has 2 aliphatic rings. The summed E-state index contributed by atoms with van der Waals surface area (Å²) in [6.07, 6.45) is 6.69. The average molecular weight is 557 g/mol. The Morgan fingerprint density at radius 1 is 1.18 bits per heavy atom. The van der Waals surface area contributed by atoms with E-state index in [0.717, 1.165) is 71.2 Å². The Bertz CT molecular complexity index is 1420. The number of hydrogen-bond acceptors (Lipinski definition) is 8. The van der Waals surface area contributed by atoms with Gasteiger partial charge in [0.15, 0.2) is 0 Å². The van der Waals surface area contributed by atoms with Crippen molar-refractivity contribution >= 4 is 38.7 Å². The topological polar surface area (TPSA) is 122 Å². The van der Waals surface area contributed by atoms with E-state index in [2.05, 4.69) is 15.7 Å². The van der Waals surface area contributed by atoms with Crippen LogP contribution < -0.4 is 10.6 Å². The molecule has 0 bridgehead atoms. The minimum Gasteiger partial charge on any atom is -0.447 e. The molecule has 2 fully saturated rings. The lowest BCUT2D eigenvalue weighted by molar-refractivity contribution is 0.109. The fourth-order valence-corrected chi connectivity index (χ4v) is 8.17. The predicted octanol–water partition coefficient (Wildman–Crippen LogP) is 6.32. The summed E-state index contributed by atoms with van der Waals surface area (Å²) in [6.45, 7) is 5.63. The summed E-state index contributed by atoms with van der Waals surface area (Å²) in [5.74, 6) is 1.17. The van der Waals surface area contributed by atoms with Crippen LogP contribution in [-0.2, 0) is 21.5 Å². The van der Waals surface area contributed by atoms with Crippen LogP contribution in [0.1, 0.15) is 69.0 Å². The third-order valence-electron chi connectivity index (χ3n) is 7.11. The molecular formula is C27H36N6O3S2. The molecule has 38 heavy (non-hydrogen) atoms. The van der Waals surface area contributed by atoms with Crippen molar-refractivity contribution in [2.75, 3.05) is 5.32 Å². The molecule has 1 unspecified atom stereocenters. The lowest BCUT2D eigenvalue weighted by atomic mass is 9.86. The number of anilines is 2. The molecule has 5 rings (SSSR count). The highest BCUT2D eigenvalue weighted by atomic mass is 32.2. The third-order valence-corrected chi connectivity index (χ3v) is 10.7. The van der Waals surface area contributed by atoms with Crippen molar-refractivity contribution in [3.05, 3.63) is 41.2 Å². The van der Waals surface area contributed by atoms with Crippen LogP contribution in [0.4, 0.5) is 16.3 Å². The van der Waals surface area contributed by atoms with Crippen molar-refractivity contribution < 1.29 is 13.7 Å². The maximum absolute atomic E-state index is 13.7. The summed E-state index contributed by atoms with van der Waals surface area (Å²) in [5, 5.41) is 11.7. The number of rotatable bonds is 8. The van der Waals surface area contributed by atoms with Gasteiger partial charge in [-0.15, -0.1) is 11.3 Å². The Morgan fingerprint density at radius 3 is 2.55 bits per heavy atom. The molecule has 0 saturated heterocycles. The van der Waals surface area contributed by atoms with E-state index in [1.807, 2.05) is 58.3 Å². The summed E-state index contributed by atoms with van der Waals surface area (Å²) in [4.78, 5) is 18.2. The third kappa shape index (κ3) is 5.88. The number of carbonyl (C=O) groups is 1. The molecule has 1 atom stereocenters. The average Bonchev–Trinajstić information content (AvgIpc) is 3.53. The second kappa shape index (κ2) is 10.7. The zero-order valence-corrected chi connectivity index (χ0v) is 24.0. The minimum absolute atomic E-state index is 0.0898. The molecule has 9 nitrogen and oxygen atoms in total. The highest BCUT2D eigenvalue weighted by molar-refractivity contribution is 7.93. The molecule has 0 spiro atoms. The Kier molecular flexibility index (Phi) is 7.50. The van der Waals surface area contributed by atoms with E-state index in [4.69, 9.17) is 14.5 Å². The molecule has 1 amide bonds. The second-order valence-corrected chi connectivity index (χ2v) is 14.0. The number of alkyl carbamates (subject to hydrolysis) is 1. The van der Waals surface area contributed by atoms with Gasteiger partial charge in [-0.05, 0) is 71.4 Å². The van der Waals surface area contributed by atoms with Gasteiger partial charge in [0, 0.05) is 47.8 Å². The van der Waals surface area contributed by atoms with Crippen molar-refractivity contribution in [2.45, 2.75) is 87.5 Å². The van der Waals surface area contributed by atoms with Crippen LogP contribution in [0.25, 0.3) is 10.4 Å². The predicted molar refractivity (Wildman–Crippen MR) is 151 cm³/mol. The first-order chi connectivity index (χ1) is 18.1. The van der Waals surface area contributed by atoms with Gasteiger partial charge in [0.25, 0.3) is 0 Å². The van der Waals surface area contributed by atoms with Gasteiger partial charge in [-0.2, -0.15) is 5.10 Å². The van der Waals surface area contributed by atoms with Crippen molar-refractivity contribution in [3.8, 4) is 10.4 Å². The molecule has 2 aliphatic carbocycles. The van der Waals surface area contributed by atoms with Gasteiger partial charge in [0.2, 0.25) is 0 Å². The quantitative estimate of drug-likeness (QED) is 0.298. The SMILES string of the molecule is Cc1cc(Nc2ccc(-c3cnc(C4CCC(NC(=O)OC(C)C)CC4)s3)c(S(=N)(=O)C3CC3)c2)n(C)n1. The van der Waals surface area contributed by atoms with E-state index in [1.165, 1.54) is 0 Å². The van der Waals surface area contributed by atoms with Crippen LogP contribution >= 0.6 is 11.3 Å². The van der Waals surface area contributed by atoms with Crippen LogP contribution in [0, 0.1) is 11.7 Å². The number of ether oxygens (including phenoxy) is 1. The van der Waals surface area contributed by atoms with Crippen molar-refractivity contribution in [3.63, 3.8) is 0 Å². The second-order valence-electron chi connectivity index (χ2n) is 10.6. The highest BCUT2D eigenvalue weighted by Crippen LogP contribution is 2.43. The van der Waals surface area contributed by atoms with E-state index in [1.54, 1.807) is 16.0 Å². The molecule has 2 saturated carbocycles. The van der Waals surface area contributed by atoms with E-state index >= 15 is 0 Å². The number of nitrogens with zero attached hydrogens (tertiary/aromatic N) is 3. The summed E-state index contributed by atoms with van der Waals surface area (Å²) < 4.78 is 29.5. The number of nitrogens with one attached hydrogen (secondary N) is 3. The number of carbonyl (C=O) groups excluding carboxylic acids is 1. The van der Waals surface area contributed by atoms with Gasteiger partial charge in [0.1, 0.15) is 5.82 Å². The molecule has 2 heterocycles. The first-order valence-corrected chi connectivity index (χ1v) is 15.7. The first kappa shape index (κ1) is 26.7. The Morgan fingerprint density at radius 2 is 1.92 bits per heavy atom. The molecule has 11 heteroatoms. The van der Waals surface area contributed by atoms with Crippen LogP contribution in [0.5, 0.6) is 0 Å². The molecule has 204 valence electrons. The summed E-state index contributed by atoms with van der Waals surface area (Å²) in [7, 11) is -1.07. The Labute approximate surface area is 228 Å². The number of aryl methyl sites for hydroxylation is 2. The number of aromatic nitrogens is 3. The van der Waals surface area contributed by atoms with Crippen LogP contribution in [0.3, 0.4) is 0 Å². The van der Waals surface area contributed by atoms with Gasteiger partial charge in [-0.25, -0.2) is 18.8 Å². The van der Waals surface area contributed by atoms with Gasteiger partial charge < -0.3 is 15.4 Å². The standard InChI is InChI=1S/C27H36N6O3S2/c1-16(2)36-27(34)31-19-7-5-18(6-8-19)26-29-15-23(37-26)22-12-9-20(30-25-13-17(3)32-33(25)4)14-24(22)38(28,35)21-10-11-21/h9,12-16,18-19,21,28,30H,5-8,10-11H2,1-4H3,(H,31,34). The van der Waals surface area contributed by atoms with Gasteiger partial charge in [0.05, 0.1) is 36.3 Å². The normalized spacial score (nSPS) is 21.2. The molecule has 0 radical (unpaired) electrons. The maximum atomic E-state index is 13.7. The van der Waals surface area contributed by atoms with Gasteiger partial charge in [-0.1, -0.05) is 6.07 Å². The van der Waals surface area contributed by atoms with E-state index in [-0.39, 0.29) is 23.5 Å².